The number of aliphatic hydroxyl groups excluding tert-OH is 1. The molecule has 8 nitrogen and oxygen atoms in total. The fourth-order valence-corrected chi connectivity index (χ4v) is 7.83. The zero-order valence-corrected chi connectivity index (χ0v) is 44.0. The van der Waals surface area contributed by atoms with Crippen LogP contribution in [-0.4, -0.2) is 73.4 Å². The number of likely N-dealkylation sites (N-methyl/N-ethyl adjacent to an activating group) is 1. The smallest absolute Gasteiger partial charge is 0.387 e. The van der Waals surface area contributed by atoms with Crippen molar-refractivity contribution in [3.8, 4) is 0 Å². The van der Waals surface area contributed by atoms with Crippen LogP contribution in [0.1, 0.15) is 206 Å². The van der Waals surface area contributed by atoms with Gasteiger partial charge in [0.1, 0.15) is 13.2 Å². The van der Waals surface area contributed by atoms with Crippen molar-refractivity contribution in [1.29, 1.82) is 0 Å². The highest BCUT2D eigenvalue weighted by Gasteiger charge is 2.27. The summed E-state index contributed by atoms with van der Waals surface area (Å²) in [6.07, 6.45) is 67.8. The van der Waals surface area contributed by atoms with Gasteiger partial charge in [-0.1, -0.05) is 207 Å². The number of phosphoric acid groups is 1. The molecule has 3 unspecified atom stereocenters. The summed E-state index contributed by atoms with van der Waals surface area (Å²) < 4.78 is 23.6. The zero-order chi connectivity index (χ0) is 48.5. The van der Waals surface area contributed by atoms with Crippen LogP contribution in [0, 0.1) is 0 Å². The monoisotopic (exact) mass is 942 g/mol. The second-order valence-corrected chi connectivity index (χ2v) is 20.3. The van der Waals surface area contributed by atoms with Gasteiger partial charge in [-0.15, -0.1) is 0 Å². The number of allylic oxidation sites excluding steroid dienone is 15. The third-order valence-electron chi connectivity index (χ3n) is 11.3. The standard InChI is InChI=1S/C57H101N2O6P/c1-6-8-10-12-14-16-18-20-22-24-26-28-29-31-33-35-37-39-41-43-45-47-49-51-57(61)58-55(54-65-66(62,63)64-53-52-59(3,4)5)56(60)50-48-46-44-42-40-38-36-34-32-30-27-25-23-21-19-17-15-13-11-9-7-2/h8,10,14,16,20,22,26,28,31-34,40,42,48,50,55-56,60H,6-7,9,11-13,15,17-19,21,23-25,27,29-30,35-39,41,43-47,49,51-54H2,1-5H3,(H-,58,61,62,63)/p+1/b10-8-,16-14-,22-20-,28-26-,33-31-,34-32+,42-40+,50-48+. The molecule has 66 heavy (non-hydrogen) atoms. The lowest BCUT2D eigenvalue weighted by atomic mass is 10.1. The van der Waals surface area contributed by atoms with E-state index in [1.165, 1.54) is 96.3 Å². The number of nitrogens with one attached hydrogen (secondary N) is 1. The molecule has 0 saturated heterocycles. The summed E-state index contributed by atoms with van der Waals surface area (Å²) in [7, 11) is 1.52. The molecular weight excluding hydrogens is 840 g/mol. The van der Waals surface area contributed by atoms with E-state index in [4.69, 9.17) is 9.05 Å². The molecule has 0 aromatic heterocycles. The van der Waals surface area contributed by atoms with Crippen molar-refractivity contribution in [3.63, 3.8) is 0 Å². The maximum atomic E-state index is 12.9. The van der Waals surface area contributed by atoms with Crippen molar-refractivity contribution < 1.29 is 32.9 Å². The van der Waals surface area contributed by atoms with E-state index in [1.54, 1.807) is 6.08 Å². The van der Waals surface area contributed by atoms with Gasteiger partial charge in [0.2, 0.25) is 5.91 Å². The molecule has 0 radical (unpaired) electrons. The molecule has 0 saturated carbocycles. The van der Waals surface area contributed by atoms with Gasteiger partial charge in [-0.2, -0.15) is 0 Å². The predicted molar refractivity (Wildman–Crippen MR) is 286 cm³/mol. The van der Waals surface area contributed by atoms with Gasteiger partial charge in [0, 0.05) is 6.42 Å². The zero-order valence-electron chi connectivity index (χ0n) is 43.1. The van der Waals surface area contributed by atoms with Crippen LogP contribution >= 0.6 is 7.82 Å². The van der Waals surface area contributed by atoms with Gasteiger partial charge in [-0.3, -0.25) is 13.8 Å². The van der Waals surface area contributed by atoms with Crippen LogP contribution in [0.2, 0.25) is 0 Å². The minimum Gasteiger partial charge on any atom is -0.387 e. The maximum absolute atomic E-state index is 12.9. The number of aliphatic hydroxyl groups is 1. The van der Waals surface area contributed by atoms with Crippen LogP contribution in [0.3, 0.4) is 0 Å². The Balaban J connectivity index is 4.41. The SMILES string of the molecule is CC/C=C\C/C=C\C/C=C\C/C=C\C/C=C\CCCCCCCCCC(=O)NC(COP(=O)(O)OCC[N+](C)(C)C)C(O)/C=C/CC/C=C/CC/C=C/CCCCCCCCCCCCC. The molecule has 1 amide bonds. The Morgan fingerprint density at radius 3 is 1.39 bits per heavy atom. The molecule has 0 bridgehead atoms. The number of quaternary nitrogens is 1. The highest BCUT2D eigenvalue weighted by atomic mass is 31.2. The lowest BCUT2D eigenvalue weighted by Gasteiger charge is -2.25. The first-order valence-corrected chi connectivity index (χ1v) is 28.1. The molecule has 0 aliphatic rings. The Hall–Kier alpha value is -2.58. The minimum atomic E-state index is -4.37. The highest BCUT2D eigenvalue weighted by molar-refractivity contribution is 7.47. The largest absolute Gasteiger partial charge is 0.472 e. The first kappa shape index (κ1) is 63.4. The number of carbonyl (C=O) groups excluding carboxylic acids is 1. The number of hydrogen-bond acceptors (Lipinski definition) is 5. The second kappa shape index (κ2) is 47.5. The second-order valence-electron chi connectivity index (χ2n) is 18.8. The van der Waals surface area contributed by atoms with E-state index in [-0.39, 0.29) is 19.1 Å². The third kappa shape index (κ3) is 49.3. The summed E-state index contributed by atoms with van der Waals surface area (Å²) in [6.45, 7) is 4.66. The first-order valence-electron chi connectivity index (χ1n) is 26.6. The van der Waals surface area contributed by atoms with E-state index in [0.29, 0.717) is 17.4 Å². The number of nitrogens with zero attached hydrogens (tertiary/aromatic N) is 1. The molecule has 0 aliphatic heterocycles. The normalized spacial score (nSPS) is 14.8. The van der Waals surface area contributed by atoms with E-state index in [2.05, 4.69) is 104 Å². The van der Waals surface area contributed by atoms with Gasteiger partial charge in [0.15, 0.2) is 0 Å². The van der Waals surface area contributed by atoms with Crippen LogP contribution in [0.15, 0.2) is 97.2 Å². The molecule has 0 aliphatic carbocycles. The van der Waals surface area contributed by atoms with Crippen LogP contribution in [0.5, 0.6) is 0 Å². The van der Waals surface area contributed by atoms with Gasteiger partial charge in [0.05, 0.1) is 39.9 Å². The van der Waals surface area contributed by atoms with Crippen LogP contribution in [-0.2, 0) is 18.4 Å². The Kier molecular flexibility index (Phi) is 45.6. The van der Waals surface area contributed by atoms with Gasteiger partial charge in [-0.25, -0.2) is 4.57 Å². The molecular formula is C57H102N2O6P+. The van der Waals surface area contributed by atoms with Crippen LogP contribution in [0.25, 0.3) is 0 Å². The predicted octanol–water partition coefficient (Wildman–Crippen LogP) is 15.9. The van der Waals surface area contributed by atoms with E-state index < -0.39 is 20.0 Å². The molecule has 380 valence electrons. The van der Waals surface area contributed by atoms with Crippen molar-refractivity contribution in [1.82, 2.24) is 5.32 Å². The molecule has 0 heterocycles. The first-order chi connectivity index (χ1) is 32.0. The van der Waals surface area contributed by atoms with Crippen molar-refractivity contribution in [2.75, 3.05) is 40.9 Å². The fourth-order valence-electron chi connectivity index (χ4n) is 7.10. The summed E-state index contributed by atoms with van der Waals surface area (Å²) in [5.41, 5.74) is 0. The van der Waals surface area contributed by atoms with Gasteiger partial charge >= 0.3 is 7.82 Å². The average molecular weight is 942 g/mol. The van der Waals surface area contributed by atoms with Crippen molar-refractivity contribution in [2.24, 2.45) is 0 Å². The van der Waals surface area contributed by atoms with E-state index in [1.807, 2.05) is 27.2 Å². The number of rotatable bonds is 47. The number of hydrogen-bond donors (Lipinski definition) is 3. The number of carbonyl (C=O) groups is 1. The molecule has 3 N–H and O–H groups in total. The Labute approximate surface area is 407 Å². The maximum Gasteiger partial charge on any atom is 0.472 e. The summed E-state index contributed by atoms with van der Waals surface area (Å²) in [6, 6.07) is -0.883. The molecule has 0 spiro atoms. The number of amides is 1. The summed E-state index contributed by atoms with van der Waals surface area (Å²) >= 11 is 0. The highest BCUT2D eigenvalue weighted by Crippen LogP contribution is 2.43. The Morgan fingerprint density at radius 2 is 0.924 bits per heavy atom. The van der Waals surface area contributed by atoms with Crippen LogP contribution in [0.4, 0.5) is 0 Å². The summed E-state index contributed by atoms with van der Waals surface area (Å²) in [5, 5.41) is 13.9. The quantitative estimate of drug-likeness (QED) is 0.0243. The topological polar surface area (TPSA) is 105 Å². The minimum absolute atomic E-state index is 0.0459. The fraction of sp³-hybridized carbons (Fsp3) is 0.702. The third-order valence-corrected chi connectivity index (χ3v) is 12.2. The van der Waals surface area contributed by atoms with E-state index in [0.717, 1.165) is 89.9 Å². The number of unbranched alkanes of at least 4 members (excludes halogenated alkanes) is 20. The Morgan fingerprint density at radius 1 is 0.530 bits per heavy atom. The molecule has 0 aromatic carbocycles. The van der Waals surface area contributed by atoms with Gasteiger partial charge < -0.3 is 19.8 Å². The molecule has 0 aromatic rings. The summed E-state index contributed by atoms with van der Waals surface area (Å²) in [5.74, 6) is -0.206. The molecule has 9 heteroatoms. The van der Waals surface area contributed by atoms with Gasteiger partial charge in [0.25, 0.3) is 0 Å². The lowest BCUT2D eigenvalue weighted by Crippen LogP contribution is -2.45. The average Bonchev–Trinajstić information content (AvgIpc) is 3.28. The Bertz CT molecular complexity index is 1390. The van der Waals surface area contributed by atoms with Gasteiger partial charge in [-0.05, 0) is 89.9 Å². The molecule has 0 rings (SSSR count). The van der Waals surface area contributed by atoms with Crippen LogP contribution < -0.4 is 5.32 Å². The van der Waals surface area contributed by atoms with Crippen molar-refractivity contribution in [3.05, 3.63) is 97.2 Å². The molecule has 0 fully saturated rings. The molecule has 3 atom stereocenters. The lowest BCUT2D eigenvalue weighted by molar-refractivity contribution is -0.870. The number of phosphoric ester groups is 1. The van der Waals surface area contributed by atoms with Crippen molar-refractivity contribution >= 4 is 13.7 Å². The van der Waals surface area contributed by atoms with E-state index >= 15 is 0 Å². The van der Waals surface area contributed by atoms with Crippen molar-refractivity contribution in [2.45, 2.75) is 219 Å². The van der Waals surface area contributed by atoms with E-state index in [9.17, 15) is 19.4 Å². The summed E-state index contributed by atoms with van der Waals surface area (Å²) in [4.78, 5) is 23.2.